The summed E-state index contributed by atoms with van der Waals surface area (Å²) in [4.78, 5) is 0. The number of hydrogen-bond acceptors (Lipinski definition) is 1. The maximum Gasteiger partial charge on any atom is 0.400 e. The van der Waals surface area contributed by atoms with Crippen molar-refractivity contribution in [3.63, 3.8) is 0 Å². The van der Waals surface area contributed by atoms with Crippen molar-refractivity contribution in [1.29, 1.82) is 0 Å². The Morgan fingerprint density at radius 3 is 2.14 bits per heavy atom. The number of alkyl halides is 2. The smallest absolute Gasteiger partial charge is 0.400 e. The Labute approximate surface area is 217 Å². The van der Waals surface area contributed by atoms with Crippen LogP contribution in [0.4, 0.5) is 13.2 Å². The van der Waals surface area contributed by atoms with E-state index < -0.39 is 17.8 Å². The summed E-state index contributed by atoms with van der Waals surface area (Å²) >= 11 is 0. The Bertz CT molecular complexity index is 818. The monoisotopic (exact) mass is 504 g/mol. The zero-order chi connectivity index (χ0) is 25.4. The minimum atomic E-state index is -3.24. The molecule has 2 fully saturated rings. The van der Waals surface area contributed by atoms with Gasteiger partial charge in [0.05, 0.1) is 5.92 Å². The summed E-state index contributed by atoms with van der Waals surface area (Å²) in [5.74, 6) is 1.85. The van der Waals surface area contributed by atoms with E-state index >= 15 is 0 Å². The molecule has 2 saturated carbocycles. The number of unbranched alkanes of at least 4 members (excludes halogenated alkanes) is 1. The number of hydrogen-bond donors (Lipinski definition) is 0. The third-order valence-electron chi connectivity index (χ3n) is 9.47. The summed E-state index contributed by atoms with van der Waals surface area (Å²) < 4.78 is 47.4. The molecule has 4 rings (SSSR count). The van der Waals surface area contributed by atoms with Gasteiger partial charge in [0.1, 0.15) is 11.6 Å². The molecule has 0 aromatic heterocycles. The normalized spacial score (nSPS) is 29.6. The summed E-state index contributed by atoms with van der Waals surface area (Å²) in [7, 11) is 0. The van der Waals surface area contributed by atoms with E-state index in [0.29, 0.717) is 18.8 Å². The first kappa shape index (κ1) is 27.6. The van der Waals surface area contributed by atoms with Crippen LogP contribution in [-0.4, -0.2) is 6.11 Å². The number of rotatable bonds is 11. The van der Waals surface area contributed by atoms with Crippen LogP contribution in [0.15, 0.2) is 35.9 Å². The zero-order valence-electron chi connectivity index (χ0n) is 22.3. The van der Waals surface area contributed by atoms with Crippen LogP contribution in [-0.2, 0) is 0 Å². The van der Waals surface area contributed by atoms with Gasteiger partial charge in [0, 0.05) is 6.07 Å². The topological polar surface area (TPSA) is 9.23 Å². The Hall–Kier alpha value is -1.45. The highest BCUT2D eigenvalue weighted by Gasteiger charge is 2.44. The second-order valence-corrected chi connectivity index (χ2v) is 12.0. The molecule has 1 atom stereocenters. The number of halogens is 3. The fourth-order valence-electron chi connectivity index (χ4n) is 7.20. The lowest BCUT2D eigenvalue weighted by Gasteiger charge is -2.33. The average molecular weight is 505 g/mol. The lowest BCUT2D eigenvalue weighted by Crippen LogP contribution is -2.37. The molecule has 0 amide bonds. The summed E-state index contributed by atoms with van der Waals surface area (Å²) in [5, 5.41) is 0. The Balaban J connectivity index is 1.09. The lowest BCUT2D eigenvalue weighted by molar-refractivity contribution is -0.223. The molecule has 0 saturated heterocycles. The van der Waals surface area contributed by atoms with Crippen LogP contribution in [0.2, 0.25) is 0 Å². The summed E-state index contributed by atoms with van der Waals surface area (Å²) in [6.07, 6.45) is 19.5. The van der Waals surface area contributed by atoms with Crippen LogP contribution in [0.1, 0.15) is 116 Å². The van der Waals surface area contributed by atoms with E-state index in [9.17, 15) is 13.2 Å². The van der Waals surface area contributed by atoms with E-state index in [1.807, 2.05) is 0 Å². The van der Waals surface area contributed by atoms with Crippen molar-refractivity contribution in [3.05, 3.63) is 41.7 Å². The molecule has 0 heterocycles. The summed E-state index contributed by atoms with van der Waals surface area (Å²) in [6.45, 7) is 2.32. The van der Waals surface area contributed by atoms with Crippen molar-refractivity contribution in [3.8, 4) is 5.75 Å². The molecular weight excluding hydrogens is 457 g/mol. The van der Waals surface area contributed by atoms with Gasteiger partial charge in [-0.1, -0.05) is 63.2 Å². The first-order chi connectivity index (χ1) is 17.4. The van der Waals surface area contributed by atoms with Crippen LogP contribution in [0.25, 0.3) is 0 Å². The first-order valence-corrected chi connectivity index (χ1v) is 14.9. The van der Waals surface area contributed by atoms with Gasteiger partial charge in [0.25, 0.3) is 0 Å². The maximum atomic E-state index is 14.6. The van der Waals surface area contributed by atoms with Crippen molar-refractivity contribution in [1.82, 2.24) is 0 Å². The van der Waals surface area contributed by atoms with E-state index in [2.05, 4.69) is 13.0 Å². The lowest BCUT2D eigenvalue weighted by atomic mass is 9.73. The molecule has 0 N–H and O–H groups in total. The van der Waals surface area contributed by atoms with Crippen LogP contribution in [0, 0.1) is 35.4 Å². The van der Waals surface area contributed by atoms with E-state index in [1.54, 1.807) is 5.57 Å². The van der Waals surface area contributed by atoms with Gasteiger partial charge in [0.2, 0.25) is 0 Å². The van der Waals surface area contributed by atoms with Crippen LogP contribution >= 0.6 is 0 Å². The fraction of sp³-hybridized carbons (Fsp3) is 0.750. The second kappa shape index (κ2) is 13.4. The van der Waals surface area contributed by atoms with Crippen molar-refractivity contribution < 1.29 is 17.9 Å². The largest absolute Gasteiger partial charge is 0.432 e. The minimum Gasteiger partial charge on any atom is -0.432 e. The third-order valence-corrected chi connectivity index (χ3v) is 9.47. The van der Waals surface area contributed by atoms with Crippen molar-refractivity contribution >= 4 is 0 Å². The maximum absolute atomic E-state index is 14.6. The number of allylic oxidation sites excluding steroid dienone is 2. The standard InChI is InChI=1S/C32H47F3O/c1-2-6-24-11-17-27(18-12-24)28-19-13-25(14-20-28)7-3-4-8-26-15-21-29(22-16-26)32(34,35)36-31-10-5-9-30(33)23-31/h5,9-10,19,23-27,29H,2-4,6-8,11-18,20-22H2,1H3. The average Bonchev–Trinajstić information content (AvgIpc) is 2.88. The second-order valence-electron chi connectivity index (χ2n) is 12.0. The van der Waals surface area contributed by atoms with E-state index in [4.69, 9.17) is 4.74 Å². The van der Waals surface area contributed by atoms with Gasteiger partial charge in [-0.2, -0.15) is 8.78 Å². The van der Waals surface area contributed by atoms with Crippen molar-refractivity contribution in [2.45, 2.75) is 122 Å². The molecule has 1 unspecified atom stereocenters. The molecule has 3 aliphatic rings. The molecule has 202 valence electrons. The molecule has 4 heteroatoms. The Morgan fingerprint density at radius 2 is 1.50 bits per heavy atom. The van der Waals surface area contributed by atoms with Gasteiger partial charge in [-0.05, 0) is 106 Å². The predicted octanol–water partition coefficient (Wildman–Crippen LogP) is 10.5. The number of benzene rings is 1. The number of ether oxygens (including phenoxy) is 1. The van der Waals surface area contributed by atoms with Crippen LogP contribution in [0.5, 0.6) is 5.75 Å². The van der Waals surface area contributed by atoms with Gasteiger partial charge in [-0.15, -0.1) is 0 Å². The molecule has 36 heavy (non-hydrogen) atoms. The van der Waals surface area contributed by atoms with Gasteiger partial charge >= 0.3 is 6.11 Å². The van der Waals surface area contributed by atoms with E-state index in [-0.39, 0.29) is 5.75 Å². The van der Waals surface area contributed by atoms with E-state index in [1.165, 1.54) is 95.2 Å². The highest BCUT2D eigenvalue weighted by Crippen LogP contribution is 2.42. The molecule has 1 aromatic rings. The zero-order valence-corrected chi connectivity index (χ0v) is 22.3. The summed E-state index contributed by atoms with van der Waals surface area (Å²) in [6, 6.07) is 5.06. The predicted molar refractivity (Wildman–Crippen MR) is 142 cm³/mol. The third kappa shape index (κ3) is 8.02. The molecule has 0 radical (unpaired) electrons. The van der Waals surface area contributed by atoms with Crippen LogP contribution < -0.4 is 4.74 Å². The van der Waals surface area contributed by atoms with Gasteiger partial charge < -0.3 is 4.74 Å². The first-order valence-electron chi connectivity index (χ1n) is 14.9. The molecule has 1 nitrogen and oxygen atoms in total. The Kier molecular flexibility index (Phi) is 10.2. The van der Waals surface area contributed by atoms with Gasteiger partial charge in [0.15, 0.2) is 0 Å². The molecule has 0 aliphatic heterocycles. The highest BCUT2D eigenvalue weighted by atomic mass is 19.3. The highest BCUT2D eigenvalue weighted by molar-refractivity contribution is 5.22. The molecule has 0 spiro atoms. The molecular formula is C32H47F3O. The molecule has 3 aliphatic carbocycles. The van der Waals surface area contributed by atoms with Crippen LogP contribution in [0.3, 0.4) is 0 Å². The van der Waals surface area contributed by atoms with Gasteiger partial charge in [-0.3, -0.25) is 0 Å². The van der Waals surface area contributed by atoms with Crippen molar-refractivity contribution in [2.75, 3.05) is 0 Å². The SMILES string of the molecule is CCCC1CCC(C2=CCC(CCCCC3CCC(C(F)(F)Oc4cccc(F)c4)CC3)CC2)CC1. The minimum absolute atomic E-state index is 0.0915. The van der Waals surface area contributed by atoms with Crippen molar-refractivity contribution in [2.24, 2.45) is 29.6 Å². The fourth-order valence-corrected chi connectivity index (χ4v) is 7.20. The molecule has 0 bridgehead atoms. The molecule has 1 aromatic carbocycles. The van der Waals surface area contributed by atoms with E-state index in [0.717, 1.165) is 43.1 Å². The Morgan fingerprint density at radius 1 is 0.833 bits per heavy atom. The summed E-state index contributed by atoms with van der Waals surface area (Å²) in [5.41, 5.74) is 1.77. The quantitative estimate of drug-likeness (QED) is 0.215. The van der Waals surface area contributed by atoms with Gasteiger partial charge in [-0.25, -0.2) is 4.39 Å².